The number of hydrogen-bond acceptors (Lipinski definition) is 5. The number of aryl methyl sites for hydroxylation is 1. The van der Waals surface area contributed by atoms with Crippen LogP contribution >= 0.6 is 23.4 Å². The number of allylic oxidation sites excluding steroid dienone is 2. The predicted molar refractivity (Wildman–Crippen MR) is 155 cm³/mol. The van der Waals surface area contributed by atoms with Crippen LogP contribution in [0.25, 0.3) is 0 Å². The highest BCUT2D eigenvalue weighted by molar-refractivity contribution is 8.03. The Morgan fingerprint density at radius 3 is 2.41 bits per heavy atom. The number of para-hydroxylation sites is 1. The Morgan fingerprint density at radius 1 is 1.00 bits per heavy atom. The van der Waals surface area contributed by atoms with Crippen LogP contribution in [0.4, 0.5) is 15.8 Å². The van der Waals surface area contributed by atoms with Gasteiger partial charge >= 0.3 is 0 Å². The Bertz CT molecular complexity index is 1560. The zero-order chi connectivity index (χ0) is 28.1. The number of nitriles is 1. The molecule has 1 heterocycles. The average molecular weight is 561 g/mol. The summed E-state index contributed by atoms with van der Waals surface area (Å²) in [6.07, 6.45) is 0. The van der Waals surface area contributed by atoms with Crippen LogP contribution in [0.1, 0.15) is 29.5 Å². The van der Waals surface area contributed by atoms with Crippen LogP contribution in [0, 0.1) is 31.0 Å². The number of carbonyl (C=O) groups is 2. The van der Waals surface area contributed by atoms with Crippen LogP contribution in [0.2, 0.25) is 5.02 Å². The maximum atomic E-state index is 15.1. The molecule has 0 saturated heterocycles. The first-order valence-corrected chi connectivity index (χ1v) is 13.5. The topological polar surface area (TPSA) is 94.0 Å². The van der Waals surface area contributed by atoms with Gasteiger partial charge in [0.25, 0.3) is 5.91 Å². The molecule has 0 aromatic heterocycles. The van der Waals surface area contributed by atoms with E-state index < -0.39 is 17.6 Å². The fraction of sp³-hybridized carbons (Fsp3) is 0.167. The minimum atomic E-state index is -0.970. The number of thioether (sulfide) groups is 1. The molecule has 0 spiro atoms. The monoisotopic (exact) mass is 560 g/mol. The lowest BCUT2D eigenvalue weighted by Gasteiger charge is -2.30. The molecule has 0 fully saturated rings. The molecule has 2 amide bonds. The quantitative estimate of drug-likeness (QED) is 0.295. The van der Waals surface area contributed by atoms with Crippen molar-refractivity contribution in [3.63, 3.8) is 0 Å². The number of rotatable bonds is 7. The summed E-state index contributed by atoms with van der Waals surface area (Å²) in [5, 5.41) is 20.0. The Hall–Kier alpha value is -4.06. The van der Waals surface area contributed by atoms with Crippen LogP contribution < -0.4 is 16.0 Å². The molecule has 6 nitrogen and oxygen atoms in total. The van der Waals surface area contributed by atoms with Crippen molar-refractivity contribution >= 4 is 46.6 Å². The van der Waals surface area contributed by atoms with E-state index in [2.05, 4.69) is 22.0 Å². The smallest absolute Gasteiger partial charge is 0.254 e. The molecule has 3 aromatic rings. The highest BCUT2D eigenvalue weighted by Crippen LogP contribution is 2.42. The summed E-state index contributed by atoms with van der Waals surface area (Å²) in [4.78, 5) is 26.3. The van der Waals surface area contributed by atoms with E-state index in [4.69, 9.17) is 11.6 Å². The van der Waals surface area contributed by atoms with Crippen molar-refractivity contribution in [3.8, 4) is 6.07 Å². The van der Waals surface area contributed by atoms with Gasteiger partial charge in [0.05, 0.1) is 28.3 Å². The van der Waals surface area contributed by atoms with Gasteiger partial charge in [0.2, 0.25) is 5.91 Å². The van der Waals surface area contributed by atoms with Crippen molar-refractivity contribution in [2.75, 3.05) is 16.4 Å². The van der Waals surface area contributed by atoms with E-state index in [-0.39, 0.29) is 28.4 Å². The highest BCUT2D eigenvalue weighted by atomic mass is 35.5. The van der Waals surface area contributed by atoms with E-state index in [0.717, 1.165) is 22.9 Å². The van der Waals surface area contributed by atoms with Crippen molar-refractivity contribution < 1.29 is 14.0 Å². The Labute approximate surface area is 235 Å². The fourth-order valence-electron chi connectivity index (χ4n) is 4.32. The van der Waals surface area contributed by atoms with Gasteiger partial charge in [-0.15, -0.1) is 0 Å². The third kappa shape index (κ3) is 6.17. The van der Waals surface area contributed by atoms with E-state index in [1.807, 2.05) is 25.1 Å². The minimum Gasteiger partial charge on any atom is -0.353 e. The summed E-state index contributed by atoms with van der Waals surface area (Å²) in [7, 11) is 0. The van der Waals surface area contributed by atoms with Crippen molar-refractivity contribution in [3.05, 3.63) is 116 Å². The second-order valence-corrected chi connectivity index (χ2v) is 10.4. The molecule has 0 unspecified atom stereocenters. The highest BCUT2D eigenvalue weighted by Gasteiger charge is 2.36. The van der Waals surface area contributed by atoms with Gasteiger partial charge in [-0.1, -0.05) is 65.8 Å². The number of amides is 2. The summed E-state index contributed by atoms with van der Waals surface area (Å²) >= 11 is 7.27. The van der Waals surface area contributed by atoms with Gasteiger partial charge in [-0.05, 0) is 56.2 Å². The number of nitrogens with zero attached hydrogens (tertiary/aromatic N) is 1. The molecule has 3 aromatic carbocycles. The first kappa shape index (κ1) is 28.0. The minimum absolute atomic E-state index is 0.0263. The van der Waals surface area contributed by atoms with Crippen LogP contribution in [-0.4, -0.2) is 17.6 Å². The van der Waals surface area contributed by atoms with Gasteiger partial charge in [-0.2, -0.15) is 5.26 Å². The second-order valence-electron chi connectivity index (χ2n) is 8.99. The molecule has 1 aliphatic rings. The number of carbonyl (C=O) groups excluding carboxylic acids is 2. The van der Waals surface area contributed by atoms with Crippen LogP contribution in [0.15, 0.2) is 88.6 Å². The Kier molecular flexibility index (Phi) is 8.75. The van der Waals surface area contributed by atoms with E-state index in [1.54, 1.807) is 56.3 Å². The molecule has 4 rings (SSSR count). The Balaban J connectivity index is 1.66. The summed E-state index contributed by atoms with van der Waals surface area (Å²) in [6.45, 7) is 5.38. The number of hydrogen-bond donors (Lipinski definition) is 3. The van der Waals surface area contributed by atoms with E-state index in [0.29, 0.717) is 27.1 Å². The van der Waals surface area contributed by atoms with E-state index >= 15 is 4.39 Å². The van der Waals surface area contributed by atoms with E-state index in [1.165, 1.54) is 6.07 Å². The van der Waals surface area contributed by atoms with Crippen molar-refractivity contribution in [1.29, 1.82) is 5.26 Å². The van der Waals surface area contributed by atoms with Gasteiger partial charge in [-0.25, -0.2) is 4.39 Å². The van der Waals surface area contributed by atoms with Gasteiger partial charge in [0, 0.05) is 33.2 Å². The molecule has 1 aliphatic heterocycles. The zero-order valence-corrected chi connectivity index (χ0v) is 23.1. The standard InChI is InChI=1S/C30H26ClFN4O2S/c1-17-9-4-7-13-24(17)36-29(38)27-19(3)34-30(21(15-33)28(27)20-10-5-6-12-23(20)32)39-16-26(37)35-25-14-8-11-22(31)18(25)2/h4-14,28,34H,16H2,1-3H3,(H,35,37)(H,36,38)/t28-/m0/s1. The number of anilines is 2. The first-order chi connectivity index (χ1) is 18.7. The number of nitrogens with one attached hydrogen (secondary N) is 3. The third-order valence-electron chi connectivity index (χ3n) is 6.39. The average Bonchev–Trinajstić information content (AvgIpc) is 2.91. The molecule has 198 valence electrons. The van der Waals surface area contributed by atoms with E-state index in [9.17, 15) is 14.9 Å². The summed E-state index contributed by atoms with van der Waals surface area (Å²) in [5.74, 6) is -2.29. The first-order valence-electron chi connectivity index (χ1n) is 12.1. The predicted octanol–water partition coefficient (Wildman–Crippen LogP) is 6.80. The summed E-state index contributed by atoms with van der Waals surface area (Å²) < 4.78 is 15.1. The number of dihydropyridines is 1. The van der Waals surface area contributed by atoms with Gasteiger partial charge in [0.1, 0.15) is 5.82 Å². The van der Waals surface area contributed by atoms with Crippen molar-refractivity contribution in [2.24, 2.45) is 0 Å². The number of benzene rings is 3. The number of halogens is 2. The maximum Gasteiger partial charge on any atom is 0.254 e. The molecule has 1 atom stereocenters. The summed E-state index contributed by atoms with van der Waals surface area (Å²) in [5.41, 5.74) is 3.85. The lowest BCUT2D eigenvalue weighted by molar-refractivity contribution is -0.114. The van der Waals surface area contributed by atoms with Crippen molar-refractivity contribution in [1.82, 2.24) is 5.32 Å². The van der Waals surface area contributed by atoms with Gasteiger partial charge in [0.15, 0.2) is 0 Å². The lowest BCUT2D eigenvalue weighted by atomic mass is 9.82. The zero-order valence-electron chi connectivity index (χ0n) is 21.6. The lowest BCUT2D eigenvalue weighted by Crippen LogP contribution is -2.31. The molecule has 0 bridgehead atoms. The normalized spacial score (nSPS) is 14.9. The molecular weight excluding hydrogens is 535 g/mol. The molecule has 0 saturated carbocycles. The van der Waals surface area contributed by atoms with Crippen LogP contribution in [0.3, 0.4) is 0 Å². The largest absolute Gasteiger partial charge is 0.353 e. The van der Waals surface area contributed by atoms with Gasteiger partial charge < -0.3 is 16.0 Å². The molecular formula is C30H26ClFN4O2S. The Morgan fingerprint density at radius 2 is 1.69 bits per heavy atom. The molecule has 0 radical (unpaired) electrons. The second kappa shape index (κ2) is 12.2. The van der Waals surface area contributed by atoms with Crippen LogP contribution in [0.5, 0.6) is 0 Å². The third-order valence-corrected chi connectivity index (χ3v) is 7.82. The molecule has 9 heteroatoms. The maximum absolute atomic E-state index is 15.1. The SMILES string of the molecule is CC1=C(C(=O)Nc2ccccc2C)[C@@H](c2ccccc2F)C(C#N)=C(SCC(=O)Nc2cccc(Cl)c2C)N1. The van der Waals surface area contributed by atoms with Gasteiger partial charge in [-0.3, -0.25) is 9.59 Å². The fourth-order valence-corrected chi connectivity index (χ4v) is 5.38. The van der Waals surface area contributed by atoms with Crippen LogP contribution in [-0.2, 0) is 9.59 Å². The molecule has 39 heavy (non-hydrogen) atoms. The van der Waals surface area contributed by atoms with Crippen molar-refractivity contribution in [2.45, 2.75) is 26.7 Å². The molecule has 0 aliphatic carbocycles. The molecule has 3 N–H and O–H groups in total. The summed E-state index contributed by atoms with van der Waals surface area (Å²) in [6, 6.07) is 20.8.